The van der Waals surface area contributed by atoms with Crippen molar-refractivity contribution in [3.8, 4) is 5.69 Å². The molecule has 24 heavy (non-hydrogen) atoms. The van der Waals surface area contributed by atoms with Crippen molar-refractivity contribution in [1.82, 2.24) is 14.9 Å². The molecule has 4 nitrogen and oxygen atoms in total. The second-order valence-electron chi connectivity index (χ2n) is 5.07. The Bertz CT molecular complexity index is 832. The maximum Gasteiger partial charge on any atom is 0.171 e. The Balaban J connectivity index is 1.56. The van der Waals surface area contributed by atoms with Gasteiger partial charge < -0.3 is 15.2 Å². The van der Waals surface area contributed by atoms with Crippen molar-refractivity contribution in [2.45, 2.75) is 6.54 Å². The van der Waals surface area contributed by atoms with Gasteiger partial charge in [-0.3, -0.25) is 0 Å². The minimum absolute atomic E-state index is 0.129. The van der Waals surface area contributed by atoms with E-state index in [9.17, 15) is 8.78 Å². The summed E-state index contributed by atoms with van der Waals surface area (Å²) in [7, 11) is 0. The van der Waals surface area contributed by atoms with Gasteiger partial charge in [0, 0.05) is 30.7 Å². The van der Waals surface area contributed by atoms with Crippen molar-refractivity contribution in [1.29, 1.82) is 0 Å². The highest BCUT2D eigenvalue weighted by Crippen LogP contribution is 2.15. The van der Waals surface area contributed by atoms with Gasteiger partial charge >= 0.3 is 0 Å². The van der Waals surface area contributed by atoms with E-state index in [0.717, 1.165) is 17.3 Å². The normalized spacial score (nSPS) is 10.4. The number of nitrogens with zero attached hydrogens (tertiary/aromatic N) is 2. The lowest BCUT2D eigenvalue weighted by Gasteiger charge is -2.11. The number of hydrogen-bond donors (Lipinski definition) is 2. The molecule has 0 aliphatic heterocycles. The van der Waals surface area contributed by atoms with Gasteiger partial charge in [-0.1, -0.05) is 12.1 Å². The number of halogens is 2. The molecule has 0 amide bonds. The Kier molecular flexibility index (Phi) is 4.81. The van der Waals surface area contributed by atoms with Crippen LogP contribution >= 0.6 is 12.2 Å². The monoisotopic (exact) mass is 344 g/mol. The average Bonchev–Trinajstić information content (AvgIpc) is 3.11. The molecule has 3 rings (SSSR count). The molecule has 1 heterocycles. The van der Waals surface area contributed by atoms with Crippen molar-refractivity contribution in [2.75, 3.05) is 5.32 Å². The summed E-state index contributed by atoms with van der Waals surface area (Å²) in [5.41, 5.74) is 2.15. The highest BCUT2D eigenvalue weighted by molar-refractivity contribution is 7.80. The summed E-state index contributed by atoms with van der Waals surface area (Å²) >= 11 is 5.12. The van der Waals surface area contributed by atoms with E-state index in [1.54, 1.807) is 12.5 Å². The van der Waals surface area contributed by atoms with Crippen LogP contribution in [0.1, 0.15) is 5.56 Å². The molecule has 0 saturated carbocycles. The van der Waals surface area contributed by atoms with Crippen LogP contribution in [0.25, 0.3) is 5.69 Å². The van der Waals surface area contributed by atoms with Crippen molar-refractivity contribution in [3.05, 3.63) is 78.4 Å². The SMILES string of the molecule is Fc1ccc(NC(=S)NCc2ccc(-n3ccnc3)cc2)c(F)c1. The van der Waals surface area contributed by atoms with Crippen LogP contribution in [-0.4, -0.2) is 14.7 Å². The third kappa shape index (κ3) is 3.94. The quantitative estimate of drug-likeness (QED) is 0.709. The van der Waals surface area contributed by atoms with E-state index in [-0.39, 0.29) is 10.8 Å². The highest BCUT2D eigenvalue weighted by atomic mass is 32.1. The van der Waals surface area contributed by atoms with Gasteiger partial charge in [-0.25, -0.2) is 13.8 Å². The van der Waals surface area contributed by atoms with E-state index in [1.165, 1.54) is 12.1 Å². The largest absolute Gasteiger partial charge is 0.358 e. The molecule has 0 aliphatic carbocycles. The third-order valence-corrected chi connectivity index (χ3v) is 3.62. The van der Waals surface area contributed by atoms with Crippen molar-refractivity contribution in [3.63, 3.8) is 0 Å². The molecule has 0 fully saturated rings. The molecular formula is C17H14F2N4S. The number of aromatic nitrogens is 2. The molecule has 0 aliphatic rings. The second kappa shape index (κ2) is 7.18. The summed E-state index contributed by atoms with van der Waals surface area (Å²) in [5, 5.41) is 5.96. The smallest absolute Gasteiger partial charge is 0.171 e. The minimum atomic E-state index is -0.691. The number of anilines is 1. The van der Waals surface area contributed by atoms with Crippen LogP contribution in [0.15, 0.2) is 61.2 Å². The van der Waals surface area contributed by atoms with Crippen LogP contribution in [0.5, 0.6) is 0 Å². The van der Waals surface area contributed by atoms with E-state index in [4.69, 9.17) is 12.2 Å². The fraction of sp³-hybridized carbons (Fsp3) is 0.0588. The summed E-state index contributed by atoms with van der Waals surface area (Å²) < 4.78 is 28.3. The Morgan fingerprint density at radius 1 is 1.12 bits per heavy atom. The number of rotatable bonds is 4. The highest BCUT2D eigenvalue weighted by Gasteiger charge is 2.05. The van der Waals surface area contributed by atoms with Crippen LogP contribution in [0.2, 0.25) is 0 Å². The predicted octanol–water partition coefficient (Wildman–Crippen LogP) is 3.64. The predicted molar refractivity (Wildman–Crippen MR) is 93.0 cm³/mol. The first-order valence-electron chi connectivity index (χ1n) is 7.19. The van der Waals surface area contributed by atoms with Crippen molar-refractivity contribution >= 4 is 23.0 Å². The third-order valence-electron chi connectivity index (χ3n) is 3.37. The molecular weight excluding hydrogens is 330 g/mol. The van der Waals surface area contributed by atoms with E-state index in [1.807, 2.05) is 35.0 Å². The van der Waals surface area contributed by atoms with Crippen molar-refractivity contribution < 1.29 is 8.78 Å². The summed E-state index contributed by atoms with van der Waals surface area (Å²) in [4.78, 5) is 4.00. The molecule has 0 saturated heterocycles. The molecule has 0 atom stereocenters. The molecule has 3 aromatic rings. The fourth-order valence-electron chi connectivity index (χ4n) is 2.14. The van der Waals surface area contributed by atoms with Gasteiger partial charge in [-0.15, -0.1) is 0 Å². The number of imidazole rings is 1. The molecule has 1 aromatic heterocycles. The van der Waals surface area contributed by atoms with Crippen LogP contribution in [0.3, 0.4) is 0 Å². The molecule has 2 N–H and O–H groups in total. The molecule has 0 spiro atoms. The number of nitrogens with one attached hydrogen (secondary N) is 2. The Morgan fingerprint density at radius 3 is 2.58 bits per heavy atom. The zero-order chi connectivity index (χ0) is 16.9. The van der Waals surface area contributed by atoms with Gasteiger partial charge in [0.15, 0.2) is 5.11 Å². The van der Waals surface area contributed by atoms with Crippen molar-refractivity contribution in [2.24, 2.45) is 0 Å². The lowest BCUT2D eigenvalue weighted by molar-refractivity contribution is 0.586. The summed E-state index contributed by atoms with van der Waals surface area (Å²) in [6.07, 6.45) is 5.31. The van der Waals surface area contributed by atoms with Gasteiger partial charge in [-0.2, -0.15) is 0 Å². The van der Waals surface area contributed by atoms with E-state index >= 15 is 0 Å². The van der Waals surface area contributed by atoms with E-state index in [2.05, 4.69) is 15.6 Å². The van der Waals surface area contributed by atoms with E-state index < -0.39 is 11.6 Å². The lowest BCUT2D eigenvalue weighted by atomic mass is 10.2. The number of hydrogen-bond acceptors (Lipinski definition) is 2. The molecule has 0 unspecified atom stereocenters. The zero-order valence-electron chi connectivity index (χ0n) is 12.5. The first kappa shape index (κ1) is 16.1. The Morgan fingerprint density at radius 2 is 1.92 bits per heavy atom. The van der Waals surface area contributed by atoms with Crippen LogP contribution in [0, 0.1) is 11.6 Å². The topological polar surface area (TPSA) is 41.9 Å². The molecule has 2 aromatic carbocycles. The number of thiocarbonyl (C=S) groups is 1. The van der Waals surface area contributed by atoms with Gasteiger partial charge in [-0.05, 0) is 42.0 Å². The lowest BCUT2D eigenvalue weighted by Crippen LogP contribution is -2.28. The number of benzene rings is 2. The first-order chi connectivity index (χ1) is 11.6. The summed E-state index contributed by atoms with van der Waals surface area (Å²) in [6, 6.07) is 11.1. The van der Waals surface area contributed by atoms with Gasteiger partial charge in [0.25, 0.3) is 0 Å². The maximum atomic E-state index is 13.6. The van der Waals surface area contributed by atoms with Crippen LogP contribution < -0.4 is 10.6 Å². The molecule has 122 valence electrons. The summed E-state index contributed by atoms with van der Waals surface area (Å²) in [6.45, 7) is 0.485. The van der Waals surface area contributed by atoms with E-state index in [0.29, 0.717) is 6.54 Å². The van der Waals surface area contributed by atoms with Crippen LogP contribution in [0.4, 0.5) is 14.5 Å². The second-order valence-corrected chi connectivity index (χ2v) is 5.48. The molecule has 0 radical (unpaired) electrons. The Labute approximate surface area is 143 Å². The first-order valence-corrected chi connectivity index (χ1v) is 7.60. The maximum absolute atomic E-state index is 13.6. The minimum Gasteiger partial charge on any atom is -0.358 e. The molecule has 7 heteroatoms. The zero-order valence-corrected chi connectivity index (χ0v) is 13.4. The van der Waals surface area contributed by atoms with Gasteiger partial charge in [0.2, 0.25) is 0 Å². The standard InChI is InChI=1S/C17H14F2N4S/c18-13-3-6-16(15(19)9-13)22-17(24)21-10-12-1-4-14(5-2-12)23-8-7-20-11-23/h1-9,11H,10H2,(H2,21,22,24). The molecule has 0 bridgehead atoms. The van der Waals surface area contributed by atoms with Gasteiger partial charge in [0.05, 0.1) is 12.0 Å². The summed E-state index contributed by atoms with van der Waals surface area (Å²) in [5.74, 6) is -1.32. The fourth-order valence-corrected chi connectivity index (χ4v) is 2.32. The Hall–Kier alpha value is -2.80. The van der Waals surface area contributed by atoms with Gasteiger partial charge in [0.1, 0.15) is 11.6 Å². The van der Waals surface area contributed by atoms with Crippen LogP contribution in [-0.2, 0) is 6.54 Å². The average molecular weight is 344 g/mol.